The van der Waals surface area contributed by atoms with Crippen molar-refractivity contribution < 1.29 is 9.90 Å². The van der Waals surface area contributed by atoms with Crippen LogP contribution in [0.15, 0.2) is 48.1 Å². The minimum absolute atomic E-state index is 0.724. The lowest BCUT2D eigenvalue weighted by atomic mass is 9.97. The number of aryl methyl sites for hydroxylation is 2. The summed E-state index contributed by atoms with van der Waals surface area (Å²) in [5, 5.41) is 8.65. The monoisotopic (exact) mass is 284 g/mol. The molecule has 0 aliphatic rings. The molecule has 0 aliphatic heterocycles. The Kier molecular flexibility index (Phi) is 6.67. The first-order valence-corrected chi connectivity index (χ1v) is 7.36. The van der Waals surface area contributed by atoms with E-state index in [0.29, 0.717) is 0 Å². The Labute approximate surface area is 127 Å². The minimum atomic E-state index is -0.916. The summed E-state index contributed by atoms with van der Waals surface area (Å²) in [6.45, 7) is 8.20. The molecule has 0 saturated carbocycles. The highest BCUT2D eigenvalue weighted by Crippen LogP contribution is 2.20. The summed E-state index contributed by atoms with van der Waals surface area (Å²) in [4.78, 5) is 10.5. The number of benzene rings is 1. The average molecular weight is 284 g/mol. The normalized spacial score (nSPS) is 13.0. The first-order chi connectivity index (χ1) is 9.97. The molecule has 0 saturated heterocycles. The lowest BCUT2D eigenvalue weighted by molar-refractivity contribution is -0.131. The van der Waals surface area contributed by atoms with Crippen molar-refractivity contribution in [2.45, 2.75) is 40.5 Å². The quantitative estimate of drug-likeness (QED) is 0.601. The van der Waals surface area contributed by atoms with Crippen LogP contribution in [0.25, 0.3) is 5.57 Å². The van der Waals surface area contributed by atoms with Gasteiger partial charge in [-0.05, 0) is 54.5 Å². The van der Waals surface area contributed by atoms with Gasteiger partial charge in [0.1, 0.15) is 0 Å². The molecular formula is C19H24O2. The Morgan fingerprint density at radius 2 is 1.81 bits per heavy atom. The lowest BCUT2D eigenvalue weighted by Crippen LogP contribution is -1.92. The smallest absolute Gasteiger partial charge is 0.328 e. The number of aliphatic carboxylic acids is 1. The van der Waals surface area contributed by atoms with Crippen LogP contribution in [0.4, 0.5) is 0 Å². The van der Waals surface area contributed by atoms with Gasteiger partial charge < -0.3 is 5.11 Å². The van der Waals surface area contributed by atoms with Crippen molar-refractivity contribution in [3.8, 4) is 0 Å². The van der Waals surface area contributed by atoms with Crippen molar-refractivity contribution in [1.29, 1.82) is 0 Å². The van der Waals surface area contributed by atoms with E-state index in [-0.39, 0.29) is 0 Å². The van der Waals surface area contributed by atoms with Crippen molar-refractivity contribution in [3.63, 3.8) is 0 Å². The number of hydrogen-bond donors (Lipinski definition) is 1. The summed E-state index contributed by atoms with van der Waals surface area (Å²) >= 11 is 0. The van der Waals surface area contributed by atoms with Crippen LogP contribution in [-0.2, 0) is 17.6 Å². The molecule has 1 aromatic carbocycles. The summed E-state index contributed by atoms with van der Waals surface area (Å²) in [5.41, 5.74) is 5.92. The van der Waals surface area contributed by atoms with Gasteiger partial charge in [0.2, 0.25) is 0 Å². The molecule has 1 rings (SSSR count). The number of carboxylic acid groups (broad SMARTS) is 1. The summed E-state index contributed by atoms with van der Waals surface area (Å²) in [5.74, 6) is -0.916. The fourth-order valence-electron chi connectivity index (χ4n) is 2.23. The van der Waals surface area contributed by atoms with E-state index < -0.39 is 5.97 Å². The van der Waals surface area contributed by atoms with E-state index in [1.54, 1.807) is 13.0 Å². The van der Waals surface area contributed by atoms with Gasteiger partial charge in [-0.3, -0.25) is 0 Å². The molecule has 0 aromatic heterocycles. The van der Waals surface area contributed by atoms with Gasteiger partial charge >= 0.3 is 5.97 Å². The van der Waals surface area contributed by atoms with Crippen LogP contribution >= 0.6 is 0 Å². The SMILES string of the molecule is CCc1ccc(C(C)=CC=CC(C)=CC(=O)O)cc1CC. The van der Waals surface area contributed by atoms with E-state index in [1.807, 2.05) is 12.2 Å². The van der Waals surface area contributed by atoms with E-state index in [1.165, 1.54) is 28.3 Å². The molecule has 0 radical (unpaired) electrons. The molecule has 0 amide bonds. The molecule has 0 heterocycles. The van der Waals surface area contributed by atoms with Gasteiger partial charge in [0, 0.05) is 6.08 Å². The molecule has 0 atom stereocenters. The van der Waals surface area contributed by atoms with Gasteiger partial charge in [-0.15, -0.1) is 0 Å². The van der Waals surface area contributed by atoms with Gasteiger partial charge in [-0.1, -0.05) is 50.3 Å². The molecule has 21 heavy (non-hydrogen) atoms. The molecule has 0 bridgehead atoms. The summed E-state index contributed by atoms with van der Waals surface area (Å²) in [6, 6.07) is 6.60. The molecule has 1 aromatic rings. The summed E-state index contributed by atoms with van der Waals surface area (Å²) < 4.78 is 0. The minimum Gasteiger partial charge on any atom is -0.478 e. The zero-order chi connectivity index (χ0) is 15.8. The topological polar surface area (TPSA) is 37.3 Å². The van der Waals surface area contributed by atoms with Crippen LogP contribution in [0.2, 0.25) is 0 Å². The van der Waals surface area contributed by atoms with Crippen LogP contribution in [-0.4, -0.2) is 11.1 Å². The Bertz CT molecular complexity index is 590. The molecule has 0 spiro atoms. The Hall–Kier alpha value is -2.09. The largest absolute Gasteiger partial charge is 0.478 e. The van der Waals surface area contributed by atoms with Crippen LogP contribution in [0.3, 0.4) is 0 Å². The Balaban J connectivity index is 2.93. The second kappa shape index (κ2) is 8.25. The van der Waals surface area contributed by atoms with Gasteiger partial charge in [0.25, 0.3) is 0 Å². The highest BCUT2D eigenvalue weighted by Gasteiger charge is 2.01. The maximum Gasteiger partial charge on any atom is 0.328 e. The van der Waals surface area contributed by atoms with E-state index in [0.717, 1.165) is 18.4 Å². The number of hydrogen-bond acceptors (Lipinski definition) is 1. The molecule has 112 valence electrons. The standard InChI is InChI=1S/C19H24O2/c1-5-16-10-11-18(13-17(16)6-2)15(4)9-7-8-14(3)12-19(20)21/h7-13H,5-6H2,1-4H3,(H,20,21). The second-order valence-electron chi connectivity index (χ2n) is 5.13. The lowest BCUT2D eigenvalue weighted by Gasteiger charge is -2.09. The van der Waals surface area contributed by atoms with Crippen molar-refractivity contribution >= 4 is 11.5 Å². The van der Waals surface area contributed by atoms with Crippen molar-refractivity contribution in [3.05, 3.63) is 64.8 Å². The molecule has 2 heteroatoms. The zero-order valence-electron chi connectivity index (χ0n) is 13.3. The van der Waals surface area contributed by atoms with Crippen LogP contribution in [0, 0.1) is 0 Å². The second-order valence-corrected chi connectivity index (χ2v) is 5.13. The molecule has 0 fully saturated rings. The Morgan fingerprint density at radius 3 is 2.38 bits per heavy atom. The highest BCUT2D eigenvalue weighted by molar-refractivity contribution is 5.81. The third-order valence-corrected chi connectivity index (χ3v) is 3.48. The van der Waals surface area contributed by atoms with E-state index >= 15 is 0 Å². The molecular weight excluding hydrogens is 260 g/mol. The summed E-state index contributed by atoms with van der Waals surface area (Å²) in [6.07, 6.45) is 9.01. The highest BCUT2D eigenvalue weighted by atomic mass is 16.4. The van der Waals surface area contributed by atoms with Crippen LogP contribution in [0.1, 0.15) is 44.4 Å². The van der Waals surface area contributed by atoms with Crippen molar-refractivity contribution in [2.75, 3.05) is 0 Å². The average Bonchev–Trinajstić information content (AvgIpc) is 2.45. The summed E-state index contributed by atoms with van der Waals surface area (Å²) in [7, 11) is 0. The van der Waals surface area contributed by atoms with E-state index in [9.17, 15) is 4.79 Å². The van der Waals surface area contributed by atoms with Crippen molar-refractivity contribution in [2.24, 2.45) is 0 Å². The van der Waals surface area contributed by atoms with Gasteiger partial charge in [-0.25, -0.2) is 4.79 Å². The Morgan fingerprint density at radius 1 is 1.14 bits per heavy atom. The van der Waals surface area contributed by atoms with Gasteiger partial charge in [0.05, 0.1) is 0 Å². The van der Waals surface area contributed by atoms with Gasteiger partial charge in [-0.2, -0.15) is 0 Å². The first-order valence-electron chi connectivity index (χ1n) is 7.36. The van der Waals surface area contributed by atoms with Crippen molar-refractivity contribution in [1.82, 2.24) is 0 Å². The fourth-order valence-corrected chi connectivity index (χ4v) is 2.23. The molecule has 1 N–H and O–H groups in total. The first kappa shape index (κ1) is 17.0. The molecule has 0 aliphatic carbocycles. The maximum atomic E-state index is 10.5. The number of allylic oxidation sites excluding steroid dienone is 5. The number of carbonyl (C=O) groups is 1. The van der Waals surface area contributed by atoms with Crippen LogP contribution in [0.5, 0.6) is 0 Å². The molecule has 0 unspecified atom stereocenters. The third-order valence-electron chi connectivity index (χ3n) is 3.48. The predicted molar refractivity (Wildman–Crippen MR) is 89.4 cm³/mol. The van der Waals surface area contributed by atoms with Gasteiger partial charge in [0.15, 0.2) is 0 Å². The van der Waals surface area contributed by atoms with E-state index in [2.05, 4.69) is 39.0 Å². The maximum absolute atomic E-state index is 10.5. The predicted octanol–water partition coefficient (Wildman–Crippen LogP) is 4.80. The third kappa shape index (κ3) is 5.42. The zero-order valence-corrected chi connectivity index (χ0v) is 13.3. The molecule has 2 nitrogen and oxygen atoms in total. The van der Waals surface area contributed by atoms with E-state index in [4.69, 9.17) is 5.11 Å². The number of carboxylic acids is 1. The van der Waals surface area contributed by atoms with Crippen LogP contribution < -0.4 is 0 Å². The fraction of sp³-hybridized carbons (Fsp3) is 0.316. The number of rotatable bonds is 6.